The Morgan fingerprint density at radius 3 is 2.62 bits per heavy atom. The van der Waals surface area contributed by atoms with Crippen LogP contribution in [0.5, 0.6) is 0 Å². The van der Waals surface area contributed by atoms with Gasteiger partial charge in [-0.05, 0) is 31.0 Å². The van der Waals surface area contributed by atoms with Gasteiger partial charge in [-0.3, -0.25) is 0 Å². The van der Waals surface area contributed by atoms with Crippen LogP contribution in [-0.2, 0) is 10.0 Å². The summed E-state index contributed by atoms with van der Waals surface area (Å²) in [6.45, 7) is 0.579. The molecule has 3 N–H and O–H groups in total. The third-order valence-corrected chi connectivity index (χ3v) is 5.22. The highest BCUT2D eigenvalue weighted by atomic mass is 32.2. The number of aliphatic hydroxyl groups excluding tert-OH is 1. The second-order valence-electron chi connectivity index (χ2n) is 4.78. The quantitative estimate of drug-likeness (QED) is 0.769. The molecule has 1 fully saturated rings. The number of nitrogens with zero attached hydrogens (tertiary/aromatic N) is 1. The van der Waals surface area contributed by atoms with E-state index in [0.717, 1.165) is 6.07 Å². The van der Waals surface area contributed by atoms with Crippen LogP contribution in [0, 0.1) is 17.7 Å². The zero-order valence-corrected chi connectivity index (χ0v) is 12.2. The Balaban J connectivity index is 2.26. The van der Waals surface area contributed by atoms with Crippen LogP contribution >= 0.6 is 0 Å². The Bertz CT molecular complexity index is 671. The number of aliphatic hydroxyl groups is 1. The van der Waals surface area contributed by atoms with E-state index in [0.29, 0.717) is 12.8 Å². The first-order chi connectivity index (χ1) is 9.95. The molecule has 2 rings (SSSR count). The average molecular weight is 312 g/mol. The van der Waals surface area contributed by atoms with Crippen molar-refractivity contribution < 1.29 is 17.9 Å². The lowest BCUT2D eigenvalue weighted by molar-refractivity contribution is 0.113. The van der Waals surface area contributed by atoms with E-state index in [2.05, 4.69) is 11.8 Å². The molecule has 0 unspecified atom stereocenters. The molecule has 0 aromatic heterocycles. The van der Waals surface area contributed by atoms with E-state index >= 15 is 0 Å². The van der Waals surface area contributed by atoms with Crippen LogP contribution in [0.15, 0.2) is 23.1 Å². The van der Waals surface area contributed by atoms with Gasteiger partial charge in [0.25, 0.3) is 0 Å². The van der Waals surface area contributed by atoms with Crippen molar-refractivity contribution in [3.63, 3.8) is 0 Å². The van der Waals surface area contributed by atoms with Gasteiger partial charge < -0.3 is 10.8 Å². The fourth-order valence-corrected chi connectivity index (χ4v) is 3.62. The van der Waals surface area contributed by atoms with Crippen molar-refractivity contribution in [2.45, 2.75) is 23.8 Å². The van der Waals surface area contributed by atoms with Crippen molar-refractivity contribution in [3.05, 3.63) is 29.6 Å². The molecule has 0 aliphatic carbocycles. The van der Waals surface area contributed by atoms with Gasteiger partial charge in [-0.2, -0.15) is 4.31 Å². The van der Waals surface area contributed by atoms with Gasteiger partial charge in [-0.1, -0.05) is 11.8 Å². The number of hydrogen-bond acceptors (Lipinski definition) is 4. The van der Waals surface area contributed by atoms with Gasteiger partial charge in [0.05, 0.1) is 23.1 Å². The molecule has 0 bridgehead atoms. The van der Waals surface area contributed by atoms with Crippen molar-refractivity contribution in [3.8, 4) is 11.8 Å². The third kappa shape index (κ3) is 3.60. The average Bonchev–Trinajstić information content (AvgIpc) is 2.46. The number of nitrogens with two attached hydrogens (primary N) is 1. The zero-order valence-electron chi connectivity index (χ0n) is 11.4. The number of hydrogen-bond donors (Lipinski definition) is 2. The normalized spacial score (nSPS) is 17.3. The summed E-state index contributed by atoms with van der Waals surface area (Å²) in [5.74, 6) is 4.38. The molecule has 1 saturated heterocycles. The minimum Gasteiger partial charge on any atom is -0.393 e. The largest absolute Gasteiger partial charge is 0.393 e. The first-order valence-electron chi connectivity index (χ1n) is 6.62. The predicted octanol–water partition coefficient (Wildman–Crippen LogP) is 0.281. The number of piperidine rings is 1. The predicted molar refractivity (Wildman–Crippen MR) is 76.3 cm³/mol. The fourth-order valence-electron chi connectivity index (χ4n) is 2.14. The molecule has 0 amide bonds. The van der Waals surface area contributed by atoms with Crippen LogP contribution in [0.2, 0.25) is 0 Å². The number of benzene rings is 1. The Morgan fingerprint density at radius 2 is 2.05 bits per heavy atom. The molecule has 1 aromatic carbocycles. The van der Waals surface area contributed by atoms with Gasteiger partial charge in [0.2, 0.25) is 10.0 Å². The standard InChI is InChI=1S/C14H17FN2O3S/c15-14-10-13(4-3-11(14)2-1-7-16)21(19,20)17-8-5-12(18)6-9-17/h3-4,10,12,18H,5-9,16H2. The number of sulfonamides is 1. The molecule has 1 aliphatic rings. The molecule has 21 heavy (non-hydrogen) atoms. The van der Waals surface area contributed by atoms with Crippen molar-refractivity contribution in [2.24, 2.45) is 5.73 Å². The van der Waals surface area contributed by atoms with Crippen LogP contribution in [0.1, 0.15) is 18.4 Å². The maximum absolute atomic E-state index is 13.9. The topological polar surface area (TPSA) is 83.6 Å². The Hall–Kier alpha value is -1.46. The lowest BCUT2D eigenvalue weighted by Gasteiger charge is -2.28. The van der Waals surface area contributed by atoms with E-state index in [9.17, 15) is 17.9 Å². The molecule has 0 spiro atoms. The van der Waals surface area contributed by atoms with Gasteiger partial charge in [0.15, 0.2) is 0 Å². The van der Waals surface area contributed by atoms with Crippen LogP contribution in [0.3, 0.4) is 0 Å². The second kappa shape index (κ2) is 6.54. The highest BCUT2D eigenvalue weighted by Crippen LogP contribution is 2.22. The Kier molecular flexibility index (Phi) is 4.96. The summed E-state index contributed by atoms with van der Waals surface area (Å²) >= 11 is 0. The molecule has 5 nitrogen and oxygen atoms in total. The fraction of sp³-hybridized carbons (Fsp3) is 0.429. The SMILES string of the molecule is NCC#Cc1ccc(S(=O)(=O)N2CCC(O)CC2)cc1F. The Labute approximate surface area is 123 Å². The smallest absolute Gasteiger partial charge is 0.243 e. The molecular formula is C14H17FN2O3S. The van der Waals surface area contributed by atoms with Gasteiger partial charge in [0, 0.05) is 13.1 Å². The number of halogens is 1. The molecular weight excluding hydrogens is 295 g/mol. The summed E-state index contributed by atoms with van der Waals surface area (Å²) < 4.78 is 39.9. The maximum Gasteiger partial charge on any atom is 0.243 e. The highest BCUT2D eigenvalue weighted by molar-refractivity contribution is 7.89. The van der Waals surface area contributed by atoms with Crippen molar-refractivity contribution in [2.75, 3.05) is 19.6 Å². The van der Waals surface area contributed by atoms with E-state index in [1.54, 1.807) is 0 Å². The van der Waals surface area contributed by atoms with Crippen molar-refractivity contribution in [1.82, 2.24) is 4.31 Å². The van der Waals surface area contributed by atoms with Crippen molar-refractivity contribution >= 4 is 10.0 Å². The first kappa shape index (κ1) is 15.9. The van der Waals surface area contributed by atoms with E-state index in [1.807, 2.05) is 0 Å². The minimum atomic E-state index is -3.74. The maximum atomic E-state index is 13.9. The van der Waals surface area contributed by atoms with Gasteiger partial charge >= 0.3 is 0 Å². The summed E-state index contributed by atoms with van der Waals surface area (Å²) in [5.41, 5.74) is 5.33. The summed E-state index contributed by atoms with van der Waals surface area (Å²) in [6, 6.07) is 3.65. The second-order valence-corrected chi connectivity index (χ2v) is 6.72. The first-order valence-corrected chi connectivity index (χ1v) is 8.06. The summed E-state index contributed by atoms with van der Waals surface area (Å²) in [5, 5.41) is 9.42. The van der Waals surface area contributed by atoms with E-state index in [1.165, 1.54) is 16.4 Å². The lowest BCUT2D eigenvalue weighted by atomic mass is 10.1. The highest BCUT2D eigenvalue weighted by Gasteiger charge is 2.29. The van der Waals surface area contributed by atoms with Crippen LogP contribution in [0.4, 0.5) is 4.39 Å². The summed E-state index contributed by atoms with van der Waals surface area (Å²) in [7, 11) is -3.74. The lowest BCUT2D eigenvalue weighted by Crippen LogP contribution is -2.40. The molecule has 7 heteroatoms. The third-order valence-electron chi connectivity index (χ3n) is 3.33. The summed E-state index contributed by atoms with van der Waals surface area (Å²) in [4.78, 5) is -0.102. The molecule has 1 aliphatic heterocycles. The van der Waals surface area contributed by atoms with Crippen LogP contribution in [-0.4, -0.2) is 43.6 Å². The molecule has 1 heterocycles. The van der Waals surface area contributed by atoms with Crippen LogP contribution < -0.4 is 5.73 Å². The van der Waals surface area contributed by atoms with E-state index < -0.39 is 21.9 Å². The van der Waals surface area contributed by atoms with Gasteiger partial charge in [-0.25, -0.2) is 12.8 Å². The molecule has 114 valence electrons. The molecule has 1 aromatic rings. The monoisotopic (exact) mass is 312 g/mol. The van der Waals surface area contributed by atoms with Crippen molar-refractivity contribution in [1.29, 1.82) is 0 Å². The van der Waals surface area contributed by atoms with Gasteiger partial charge in [-0.15, -0.1) is 0 Å². The van der Waals surface area contributed by atoms with Crippen LogP contribution in [0.25, 0.3) is 0 Å². The molecule has 0 radical (unpaired) electrons. The summed E-state index contributed by atoms with van der Waals surface area (Å²) in [6.07, 6.45) is 0.311. The van der Waals surface area contributed by atoms with Gasteiger partial charge in [0.1, 0.15) is 5.82 Å². The van der Waals surface area contributed by atoms with E-state index in [4.69, 9.17) is 5.73 Å². The minimum absolute atomic E-state index is 0.102. The molecule has 0 atom stereocenters. The Morgan fingerprint density at radius 1 is 1.38 bits per heavy atom. The van der Waals surface area contributed by atoms with E-state index in [-0.39, 0.29) is 30.1 Å². The molecule has 0 saturated carbocycles. The zero-order chi connectivity index (χ0) is 15.5. The number of rotatable bonds is 2.